The van der Waals surface area contributed by atoms with E-state index in [1.807, 2.05) is 13.0 Å². The molecule has 0 aliphatic carbocycles. The largest absolute Gasteiger partial charge is 0.313 e. The third-order valence-electron chi connectivity index (χ3n) is 1.53. The van der Waals surface area contributed by atoms with Crippen LogP contribution in [-0.2, 0) is 0 Å². The van der Waals surface area contributed by atoms with Crippen molar-refractivity contribution in [3.05, 3.63) is 29.6 Å². The summed E-state index contributed by atoms with van der Waals surface area (Å²) >= 11 is 0. The Kier molecular flexibility index (Phi) is 2.94. The molecule has 0 radical (unpaired) electrons. The van der Waals surface area contributed by atoms with Crippen molar-refractivity contribution in [1.82, 2.24) is 10.3 Å². The average molecular weight is 164 g/mol. The molecule has 0 bridgehead atoms. The second-order valence-electron chi connectivity index (χ2n) is 2.70. The van der Waals surface area contributed by atoms with Crippen LogP contribution in [0.4, 0.5) is 0 Å². The number of aryl methyl sites for hydroxylation is 1. The van der Waals surface area contributed by atoms with Gasteiger partial charge in [-0.15, -0.1) is 0 Å². The summed E-state index contributed by atoms with van der Waals surface area (Å²) in [6.07, 6.45) is 3.32. The SMILES string of the molecule is CNCC(=O)c1cncc(C)c1. The lowest BCUT2D eigenvalue weighted by molar-refractivity contribution is 0.0993. The Morgan fingerprint density at radius 3 is 2.92 bits per heavy atom. The molecule has 0 amide bonds. The number of aromatic nitrogens is 1. The van der Waals surface area contributed by atoms with Crippen LogP contribution >= 0.6 is 0 Å². The predicted molar refractivity (Wildman–Crippen MR) is 47.2 cm³/mol. The van der Waals surface area contributed by atoms with Gasteiger partial charge in [-0.25, -0.2) is 0 Å². The summed E-state index contributed by atoms with van der Waals surface area (Å²) in [5, 5.41) is 2.81. The lowest BCUT2D eigenvalue weighted by Gasteiger charge is -1.99. The Morgan fingerprint density at radius 2 is 2.33 bits per heavy atom. The maximum absolute atomic E-state index is 11.3. The number of carbonyl (C=O) groups is 1. The molecule has 0 unspecified atom stereocenters. The van der Waals surface area contributed by atoms with Crippen molar-refractivity contribution in [2.24, 2.45) is 0 Å². The first-order valence-corrected chi connectivity index (χ1v) is 3.83. The van der Waals surface area contributed by atoms with Crippen LogP contribution in [0.5, 0.6) is 0 Å². The number of nitrogens with one attached hydrogen (secondary N) is 1. The lowest BCUT2D eigenvalue weighted by atomic mass is 10.1. The second kappa shape index (κ2) is 3.97. The van der Waals surface area contributed by atoms with Gasteiger partial charge in [0.05, 0.1) is 6.54 Å². The van der Waals surface area contributed by atoms with Crippen molar-refractivity contribution >= 4 is 5.78 Å². The minimum Gasteiger partial charge on any atom is -0.313 e. The van der Waals surface area contributed by atoms with Crippen molar-refractivity contribution < 1.29 is 4.79 Å². The summed E-state index contributed by atoms with van der Waals surface area (Å²) in [5.41, 5.74) is 1.68. The molecule has 3 heteroatoms. The standard InChI is InChI=1S/C9H12N2O/c1-7-3-8(5-11-4-7)9(12)6-10-2/h3-5,10H,6H2,1-2H3. The smallest absolute Gasteiger partial charge is 0.178 e. The van der Waals surface area contributed by atoms with E-state index in [0.29, 0.717) is 12.1 Å². The first-order chi connectivity index (χ1) is 5.74. The van der Waals surface area contributed by atoms with E-state index >= 15 is 0 Å². The minimum absolute atomic E-state index is 0.0775. The zero-order valence-electron chi connectivity index (χ0n) is 7.29. The first kappa shape index (κ1) is 8.87. The van der Waals surface area contributed by atoms with Crippen molar-refractivity contribution in [2.75, 3.05) is 13.6 Å². The van der Waals surface area contributed by atoms with E-state index in [2.05, 4.69) is 10.3 Å². The number of hydrogen-bond donors (Lipinski definition) is 1. The molecule has 0 aliphatic heterocycles. The van der Waals surface area contributed by atoms with Crippen molar-refractivity contribution in [3.63, 3.8) is 0 Å². The maximum atomic E-state index is 11.3. The molecule has 0 aromatic carbocycles. The molecule has 0 spiro atoms. The Hall–Kier alpha value is -1.22. The van der Waals surface area contributed by atoms with Gasteiger partial charge in [0.15, 0.2) is 5.78 Å². The Labute approximate surface area is 71.8 Å². The fourth-order valence-electron chi connectivity index (χ4n) is 0.970. The highest BCUT2D eigenvalue weighted by atomic mass is 16.1. The Bertz CT molecular complexity index is 284. The van der Waals surface area contributed by atoms with Gasteiger partial charge in [0, 0.05) is 18.0 Å². The molecule has 1 aromatic rings. The summed E-state index contributed by atoms with van der Waals surface area (Å²) in [5.74, 6) is 0.0775. The summed E-state index contributed by atoms with van der Waals surface area (Å²) in [6, 6.07) is 1.84. The molecule has 12 heavy (non-hydrogen) atoms. The van der Waals surface area contributed by atoms with Gasteiger partial charge >= 0.3 is 0 Å². The van der Waals surface area contributed by atoms with Crippen LogP contribution in [0, 0.1) is 6.92 Å². The first-order valence-electron chi connectivity index (χ1n) is 3.83. The van der Waals surface area contributed by atoms with Gasteiger partial charge in [-0.3, -0.25) is 9.78 Å². The summed E-state index contributed by atoms with van der Waals surface area (Å²) < 4.78 is 0. The van der Waals surface area contributed by atoms with Crippen LogP contribution in [0.1, 0.15) is 15.9 Å². The van der Waals surface area contributed by atoms with Gasteiger partial charge in [-0.1, -0.05) is 0 Å². The summed E-state index contributed by atoms with van der Waals surface area (Å²) in [6.45, 7) is 2.29. The monoisotopic (exact) mass is 164 g/mol. The minimum atomic E-state index is 0.0775. The molecular weight excluding hydrogens is 152 g/mol. The number of carbonyl (C=O) groups excluding carboxylic acids is 1. The van der Waals surface area contributed by atoms with Crippen molar-refractivity contribution in [2.45, 2.75) is 6.92 Å². The lowest BCUT2D eigenvalue weighted by Crippen LogP contribution is -2.18. The van der Waals surface area contributed by atoms with Gasteiger partial charge < -0.3 is 5.32 Å². The van der Waals surface area contributed by atoms with Crippen LogP contribution in [0.3, 0.4) is 0 Å². The van der Waals surface area contributed by atoms with E-state index in [4.69, 9.17) is 0 Å². The number of pyridine rings is 1. The number of likely N-dealkylation sites (N-methyl/N-ethyl adjacent to an activating group) is 1. The molecule has 1 N–H and O–H groups in total. The van der Waals surface area contributed by atoms with E-state index in [-0.39, 0.29) is 5.78 Å². The van der Waals surface area contributed by atoms with E-state index in [1.54, 1.807) is 19.4 Å². The zero-order chi connectivity index (χ0) is 8.97. The number of nitrogens with zero attached hydrogens (tertiary/aromatic N) is 1. The van der Waals surface area contributed by atoms with Gasteiger partial charge in [0.2, 0.25) is 0 Å². The molecule has 64 valence electrons. The molecule has 0 atom stereocenters. The van der Waals surface area contributed by atoms with Crippen LogP contribution in [0.25, 0.3) is 0 Å². The molecule has 0 saturated heterocycles. The molecule has 0 saturated carbocycles. The zero-order valence-corrected chi connectivity index (χ0v) is 7.29. The van der Waals surface area contributed by atoms with E-state index in [1.165, 1.54) is 0 Å². The highest BCUT2D eigenvalue weighted by Gasteiger charge is 2.03. The Balaban J connectivity index is 2.81. The molecule has 0 fully saturated rings. The molecule has 1 heterocycles. The normalized spacial score (nSPS) is 9.83. The molecule has 1 rings (SSSR count). The highest BCUT2D eigenvalue weighted by Crippen LogP contribution is 2.01. The summed E-state index contributed by atoms with van der Waals surface area (Å²) in [7, 11) is 1.75. The van der Waals surface area contributed by atoms with E-state index < -0.39 is 0 Å². The average Bonchev–Trinajstić information content (AvgIpc) is 2.05. The third kappa shape index (κ3) is 2.13. The van der Waals surface area contributed by atoms with Crippen LogP contribution in [0.15, 0.2) is 18.5 Å². The fraction of sp³-hybridized carbons (Fsp3) is 0.333. The van der Waals surface area contributed by atoms with E-state index in [0.717, 1.165) is 5.56 Å². The number of hydrogen-bond acceptors (Lipinski definition) is 3. The van der Waals surface area contributed by atoms with Gasteiger partial charge in [-0.2, -0.15) is 0 Å². The molecule has 1 aromatic heterocycles. The van der Waals surface area contributed by atoms with Crippen LogP contribution in [0.2, 0.25) is 0 Å². The number of ketones is 1. The van der Waals surface area contributed by atoms with Crippen molar-refractivity contribution in [3.8, 4) is 0 Å². The maximum Gasteiger partial charge on any atom is 0.178 e. The quantitative estimate of drug-likeness (QED) is 0.672. The van der Waals surface area contributed by atoms with Crippen molar-refractivity contribution in [1.29, 1.82) is 0 Å². The predicted octanol–water partition coefficient (Wildman–Crippen LogP) is 0.792. The fourth-order valence-corrected chi connectivity index (χ4v) is 0.970. The topological polar surface area (TPSA) is 42.0 Å². The van der Waals surface area contributed by atoms with Gasteiger partial charge in [0.1, 0.15) is 0 Å². The highest BCUT2D eigenvalue weighted by molar-refractivity contribution is 5.97. The third-order valence-corrected chi connectivity index (χ3v) is 1.53. The van der Waals surface area contributed by atoms with Gasteiger partial charge in [0.25, 0.3) is 0 Å². The number of Topliss-reactive ketones (excluding diaryl/α,β-unsaturated/α-hetero) is 1. The summed E-state index contributed by atoms with van der Waals surface area (Å²) in [4.78, 5) is 15.2. The molecule has 3 nitrogen and oxygen atoms in total. The van der Waals surface area contributed by atoms with Gasteiger partial charge in [-0.05, 0) is 25.6 Å². The van der Waals surface area contributed by atoms with E-state index in [9.17, 15) is 4.79 Å². The second-order valence-corrected chi connectivity index (χ2v) is 2.70. The Morgan fingerprint density at radius 1 is 1.58 bits per heavy atom. The molecular formula is C9H12N2O. The molecule has 0 aliphatic rings. The van der Waals surface area contributed by atoms with Crippen LogP contribution < -0.4 is 5.32 Å². The number of rotatable bonds is 3. The van der Waals surface area contributed by atoms with Crippen LogP contribution in [-0.4, -0.2) is 24.4 Å².